The molecule has 1 aromatic rings. The molecule has 2 rings (SSSR count). The molecule has 1 aliphatic rings. The lowest BCUT2D eigenvalue weighted by atomic mass is 10.1. The van der Waals surface area contributed by atoms with Gasteiger partial charge in [-0.2, -0.15) is 0 Å². The molecule has 1 heterocycles. The second-order valence-electron chi connectivity index (χ2n) is 5.88. The summed E-state index contributed by atoms with van der Waals surface area (Å²) in [5.74, 6) is 1.13. The molecule has 0 aromatic heterocycles. The van der Waals surface area contributed by atoms with Gasteiger partial charge in [0.1, 0.15) is 5.75 Å². The van der Waals surface area contributed by atoms with Crippen molar-refractivity contribution < 1.29 is 14.3 Å². The molecule has 23 heavy (non-hydrogen) atoms. The molecule has 6 heteroatoms. The summed E-state index contributed by atoms with van der Waals surface area (Å²) >= 11 is 0. The van der Waals surface area contributed by atoms with E-state index in [0.717, 1.165) is 6.42 Å². The van der Waals surface area contributed by atoms with E-state index in [4.69, 9.17) is 10.5 Å². The average Bonchev–Trinajstić information content (AvgIpc) is 2.93. The summed E-state index contributed by atoms with van der Waals surface area (Å²) < 4.78 is 5.06. The Morgan fingerprint density at radius 1 is 1.26 bits per heavy atom. The van der Waals surface area contributed by atoms with Crippen LogP contribution in [0.1, 0.15) is 36.5 Å². The van der Waals surface area contributed by atoms with Gasteiger partial charge in [-0.05, 0) is 50.1 Å². The molecule has 2 atom stereocenters. The highest BCUT2D eigenvalue weighted by Crippen LogP contribution is 2.23. The van der Waals surface area contributed by atoms with E-state index in [-0.39, 0.29) is 43.0 Å². The molecule has 0 bridgehead atoms. The first-order valence-electron chi connectivity index (χ1n) is 7.72. The summed E-state index contributed by atoms with van der Waals surface area (Å²) in [6, 6.07) is 7.19. The van der Waals surface area contributed by atoms with Gasteiger partial charge in [0.2, 0.25) is 5.91 Å². The molecule has 0 spiro atoms. The van der Waals surface area contributed by atoms with Crippen molar-refractivity contribution in [1.82, 2.24) is 4.90 Å². The number of nitrogens with two attached hydrogens (primary N) is 1. The maximum atomic E-state index is 12.3. The molecule has 1 amide bonds. The minimum atomic E-state index is -0.0155. The Morgan fingerprint density at radius 3 is 2.43 bits per heavy atom. The first-order chi connectivity index (χ1) is 10.5. The Bertz CT molecular complexity index is 533. The maximum absolute atomic E-state index is 12.3. The van der Waals surface area contributed by atoms with E-state index in [1.807, 2.05) is 11.8 Å². The van der Waals surface area contributed by atoms with Crippen LogP contribution in [0.25, 0.3) is 0 Å². The fourth-order valence-electron chi connectivity index (χ4n) is 2.95. The summed E-state index contributed by atoms with van der Waals surface area (Å²) in [4.78, 5) is 26.3. The third-order valence-corrected chi connectivity index (χ3v) is 4.29. The predicted molar refractivity (Wildman–Crippen MR) is 92.1 cm³/mol. The Labute approximate surface area is 143 Å². The molecule has 0 radical (unpaired) electrons. The van der Waals surface area contributed by atoms with Crippen LogP contribution in [0.3, 0.4) is 0 Å². The smallest absolute Gasteiger partial charge is 0.223 e. The number of carbonyl (C=O) groups excluding carboxylic acids is 2. The minimum Gasteiger partial charge on any atom is -0.497 e. The van der Waals surface area contributed by atoms with E-state index >= 15 is 0 Å². The first kappa shape index (κ1) is 19.5. The number of ether oxygens (including phenoxy) is 1. The minimum absolute atomic E-state index is 0. The van der Waals surface area contributed by atoms with Gasteiger partial charge >= 0.3 is 0 Å². The molecule has 2 unspecified atom stereocenters. The Balaban J connectivity index is 0.00000264. The zero-order valence-corrected chi connectivity index (χ0v) is 14.5. The number of hydrogen-bond acceptors (Lipinski definition) is 4. The largest absolute Gasteiger partial charge is 0.497 e. The van der Waals surface area contributed by atoms with E-state index < -0.39 is 0 Å². The van der Waals surface area contributed by atoms with Gasteiger partial charge in [0.15, 0.2) is 5.78 Å². The van der Waals surface area contributed by atoms with Gasteiger partial charge in [0.05, 0.1) is 7.11 Å². The van der Waals surface area contributed by atoms with Crippen molar-refractivity contribution in [1.29, 1.82) is 0 Å². The number of likely N-dealkylation sites (tertiary alicyclic amines) is 1. The van der Waals surface area contributed by atoms with Gasteiger partial charge in [-0.1, -0.05) is 0 Å². The van der Waals surface area contributed by atoms with Gasteiger partial charge in [-0.15, -0.1) is 12.4 Å². The van der Waals surface area contributed by atoms with Crippen LogP contribution in [-0.4, -0.2) is 42.8 Å². The summed E-state index contributed by atoms with van der Waals surface area (Å²) in [5, 5.41) is 0. The number of benzene rings is 1. The number of Topliss-reactive ketones (excluding diaryl/α,β-unsaturated/α-hetero) is 1. The van der Waals surface area contributed by atoms with Crippen LogP contribution in [0.2, 0.25) is 0 Å². The fourth-order valence-corrected chi connectivity index (χ4v) is 2.95. The van der Waals surface area contributed by atoms with Crippen LogP contribution in [-0.2, 0) is 4.79 Å². The molecule has 2 N–H and O–H groups in total. The third kappa shape index (κ3) is 4.94. The van der Waals surface area contributed by atoms with Crippen molar-refractivity contribution in [2.45, 2.75) is 32.2 Å². The summed E-state index contributed by atoms with van der Waals surface area (Å²) in [5.41, 5.74) is 6.29. The van der Waals surface area contributed by atoms with Crippen LogP contribution in [0.5, 0.6) is 5.75 Å². The summed E-state index contributed by atoms with van der Waals surface area (Å²) in [7, 11) is 1.58. The molecule has 1 aromatic carbocycles. The second-order valence-corrected chi connectivity index (χ2v) is 5.88. The number of hydrogen-bond donors (Lipinski definition) is 1. The van der Waals surface area contributed by atoms with Crippen molar-refractivity contribution in [3.63, 3.8) is 0 Å². The lowest BCUT2D eigenvalue weighted by Crippen LogP contribution is -2.34. The van der Waals surface area contributed by atoms with Crippen LogP contribution in [0.15, 0.2) is 24.3 Å². The van der Waals surface area contributed by atoms with Crippen LogP contribution in [0, 0.1) is 5.92 Å². The van der Waals surface area contributed by atoms with E-state index in [0.29, 0.717) is 30.3 Å². The molecule has 0 saturated carbocycles. The van der Waals surface area contributed by atoms with Crippen molar-refractivity contribution in [3.8, 4) is 5.75 Å². The molecule has 1 fully saturated rings. The Hall–Kier alpha value is -1.59. The van der Waals surface area contributed by atoms with E-state index in [9.17, 15) is 9.59 Å². The third-order valence-electron chi connectivity index (χ3n) is 4.29. The van der Waals surface area contributed by atoms with Gasteiger partial charge in [-0.3, -0.25) is 9.59 Å². The van der Waals surface area contributed by atoms with E-state index in [2.05, 4.69) is 0 Å². The Kier molecular flexibility index (Phi) is 7.52. The number of amides is 1. The highest BCUT2D eigenvalue weighted by molar-refractivity contribution is 5.98. The van der Waals surface area contributed by atoms with Crippen molar-refractivity contribution in [2.24, 2.45) is 11.7 Å². The van der Waals surface area contributed by atoms with Crippen LogP contribution < -0.4 is 10.5 Å². The van der Waals surface area contributed by atoms with Gasteiger partial charge in [0, 0.05) is 31.0 Å². The normalized spacial score (nSPS) is 20.0. The number of halogens is 1. The quantitative estimate of drug-likeness (QED) is 0.806. The second kappa shape index (κ2) is 8.89. The SMILES string of the molecule is COc1ccc(C(=O)CCC(=O)N2CC(CN)CC2C)cc1.Cl. The standard InChI is InChI=1S/C17H24N2O3.ClH/c1-12-9-13(10-18)11-19(12)17(21)8-7-16(20)14-3-5-15(22-2)6-4-14;/h3-6,12-13H,7-11,18H2,1-2H3;1H. The zero-order valence-electron chi connectivity index (χ0n) is 13.7. The molecular weight excluding hydrogens is 316 g/mol. The first-order valence-corrected chi connectivity index (χ1v) is 7.72. The number of methoxy groups -OCH3 is 1. The zero-order chi connectivity index (χ0) is 16.1. The predicted octanol–water partition coefficient (Wildman–Crippen LogP) is 2.28. The van der Waals surface area contributed by atoms with Crippen molar-refractivity contribution in [2.75, 3.05) is 20.2 Å². The number of nitrogens with zero attached hydrogens (tertiary/aromatic N) is 1. The van der Waals surface area contributed by atoms with Crippen LogP contribution >= 0.6 is 12.4 Å². The molecule has 1 saturated heterocycles. The number of ketones is 1. The highest BCUT2D eigenvalue weighted by atomic mass is 35.5. The topological polar surface area (TPSA) is 72.6 Å². The van der Waals surface area contributed by atoms with E-state index in [1.54, 1.807) is 31.4 Å². The maximum Gasteiger partial charge on any atom is 0.223 e. The fraction of sp³-hybridized carbons (Fsp3) is 0.529. The molecule has 1 aliphatic heterocycles. The van der Waals surface area contributed by atoms with Gasteiger partial charge < -0.3 is 15.4 Å². The molecule has 128 valence electrons. The van der Waals surface area contributed by atoms with Crippen molar-refractivity contribution >= 4 is 24.1 Å². The monoisotopic (exact) mass is 340 g/mol. The lowest BCUT2D eigenvalue weighted by Gasteiger charge is -2.21. The average molecular weight is 341 g/mol. The summed E-state index contributed by atoms with van der Waals surface area (Å²) in [6.45, 7) is 3.37. The van der Waals surface area contributed by atoms with E-state index in [1.165, 1.54) is 0 Å². The van der Waals surface area contributed by atoms with Crippen molar-refractivity contribution in [3.05, 3.63) is 29.8 Å². The summed E-state index contributed by atoms with van der Waals surface area (Å²) in [6.07, 6.45) is 1.45. The lowest BCUT2D eigenvalue weighted by molar-refractivity contribution is -0.131. The molecular formula is C17H25ClN2O3. The Morgan fingerprint density at radius 2 is 1.91 bits per heavy atom. The van der Waals surface area contributed by atoms with Gasteiger partial charge in [0.25, 0.3) is 0 Å². The number of carbonyl (C=O) groups is 2. The number of rotatable bonds is 6. The van der Waals surface area contributed by atoms with Gasteiger partial charge in [-0.25, -0.2) is 0 Å². The molecule has 5 nitrogen and oxygen atoms in total. The van der Waals surface area contributed by atoms with Crippen LogP contribution in [0.4, 0.5) is 0 Å². The molecule has 0 aliphatic carbocycles. The highest BCUT2D eigenvalue weighted by Gasteiger charge is 2.31.